The number of likely N-dealkylation sites (tertiary alicyclic amines) is 1. The van der Waals surface area contributed by atoms with Crippen molar-refractivity contribution in [3.8, 4) is 0 Å². The van der Waals surface area contributed by atoms with Crippen LogP contribution in [-0.4, -0.2) is 40.4 Å². The largest absolute Gasteiger partial charge is 0.385 e. The van der Waals surface area contributed by atoms with Crippen LogP contribution in [-0.2, 0) is 15.2 Å². The molecule has 4 rings (SSSR count). The van der Waals surface area contributed by atoms with Gasteiger partial charge < -0.3 is 15.3 Å². The summed E-state index contributed by atoms with van der Waals surface area (Å²) in [5, 5.41) is 14.3. The third-order valence-electron chi connectivity index (χ3n) is 6.33. The molecule has 3 aliphatic rings. The van der Waals surface area contributed by atoms with E-state index in [1.807, 2.05) is 35.2 Å². The molecule has 2 saturated heterocycles. The van der Waals surface area contributed by atoms with Gasteiger partial charge in [0.15, 0.2) is 0 Å². The van der Waals surface area contributed by atoms with Gasteiger partial charge in [-0.3, -0.25) is 9.59 Å². The number of rotatable bonds is 2. The lowest BCUT2D eigenvalue weighted by molar-refractivity contribution is -0.156. The van der Waals surface area contributed by atoms with Crippen molar-refractivity contribution in [2.45, 2.75) is 62.6 Å². The average Bonchev–Trinajstić information content (AvgIpc) is 3.09. The van der Waals surface area contributed by atoms with Gasteiger partial charge in [0.25, 0.3) is 0 Å². The second-order valence-corrected chi connectivity index (χ2v) is 7.69. The van der Waals surface area contributed by atoms with Crippen LogP contribution in [0.25, 0.3) is 0 Å². The van der Waals surface area contributed by atoms with Gasteiger partial charge >= 0.3 is 0 Å². The molecule has 2 N–H and O–H groups in total. The molecule has 1 aliphatic carbocycles. The summed E-state index contributed by atoms with van der Waals surface area (Å²) in [7, 11) is 0. The SMILES string of the molecule is O=C1CCC(C(=O)N2CC[C@](O)(c3ccccc3)[C@H]3CCCC[C@H]32)N1. The smallest absolute Gasteiger partial charge is 0.245 e. The highest BCUT2D eigenvalue weighted by atomic mass is 16.3. The molecule has 1 aromatic carbocycles. The van der Waals surface area contributed by atoms with Crippen molar-refractivity contribution in [3.05, 3.63) is 35.9 Å². The number of carbonyl (C=O) groups excluding carboxylic acids is 2. The Labute approximate surface area is 148 Å². The van der Waals surface area contributed by atoms with E-state index in [0.29, 0.717) is 25.8 Å². The first kappa shape index (κ1) is 16.6. The van der Waals surface area contributed by atoms with Crippen molar-refractivity contribution >= 4 is 11.8 Å². The number of aliphatic hydroxyl groups is 1. The Morgan fingerprint density at radius 2 is 1.92 bits per heavy atom. The minimum atomic E-state index is -0.859. The first-order valence-corrected chi connectivity index (χ1v) is 9.47. The molecule has 5 heteroatoms. The average molecular weight is 342 g/mol. The quantitative estimate of drug-likeness (QED) is 0.863. The van der Waals surface area contributed by atoms with E-state index in [1.54, 1.807) is 0 Å². The van der Waals surface area contributed by atoms with E-state index < -0.39 is 5.60 Å². The molecule has 1 aromatic rings. The topological polar surface area (TPSA) is 69.6 Å². The van der Waals surface area contributed by atoms with Crippen LogP contribution in [0.4, 0.5) is 0 Å². The first-order chi connectivity index (χ1) is 12.1. The maximum absolute atomic E-state index is 13.0. The lowest BCUT2D eigenvalue weighted by atomic mass is 9.66. The molecular weight excluding hydrogens is 316 g/mol. The zero-order chi connectivity index (χ0) is 17.4. The normalized spacial score (nSPS) is 35.2. The number of carbonyl (C=O) groups is 2. The lowest BCUT2D eigenvalue weighted by Gasteiger charge is -2.53. The van der Waals surface area contributed by atoms with Gasteiger partial charge in [-0.15, -0.1) is 0 Å². The molecule has 3 fully saturated rings. The molecule has 2 heterocycles. The van der Waals surface area contributed by atoms with E-state index in [-0.39, 0.29) is 29.8 Å². The Kier molecular flexibility index (Phi) is 4.28. The molecule has 134 valence electrons. The highest BCUT2D eigenvalue weighted by Crippen LogP contribution is 2.47. The molecule has 25 heavy (non-hydrogen) atoms. The van der Waals surface area contributed by atoms with E-state index >= 15 is 0 Å². The summed E-state index contributed by atoms with van der Waals surface area (Å²) in [5.74, 6) is 0.0765. The first-order valence-electron chi connectivity index (χ1n) is 9.47. The number of hydrogen-bond acceptors (Lipinski definition) is 3. The fourth-order valence-electron chi connectivity index (χ4n) is 5.04. The number of hydrogen-bond donors (Lipinski definition) is 2. The Bertz CT molecular complexity index is 662. The van der Waals surface area contributed by atoms with Crippen molar-refractivity contribution in [2.24, 2.45) is 5.92 Å². The summed E-state index contributed by atoms with van der Waals surface area (Å²) in [6.07, 6.45) is 5.65. The van der Waals surface area contributed by atoms with Crippen molar-refractivity contribution in [3.63, 3.8) is 0 Å². The van der Waals surface area contributed by atoms with Gasteiger partial charge in [0.1, 0.15) is 6.04 Å². The number of amides is 2. The van der Waals surface area contributed by atoms with Gasteiger partial charge in [0, 0.05) is 24.9 Å². The van der Waals surface area contributed by atoms with E-state index in [9.17, 15) is 14.7 Å². The molecule has 0 radical (unpaired) electrons. The predicted octanol–water partition coefficient (Wildman–Crippen LogP) is 1.94. The summed E-state index contributed by atoms with van der Waals surface area (Å²) in [6, 6.07) is 9.59. The summed E-state index contributed by atoms with van der Waals surface area (Å²) in [4.78, 5) is 26.4. The van der Waals surface area contributed by atoms with Crippen LogP contribution in [0.2, 0.25) is 0 Å². The zero-order valence-corrected chi connectivity index (χ0v) is 14.5. The highest BCUT2D eigenvalue weighted by molar-refractivity contribution is 5.91. The fourth-order valence-corrected chi connectivity index (χ4v) is 5.04. The van der Waals surface area contributed by atoms with Crippen LogP contribution in [0.5, 0.6) is 0 Å². The van der Waals surface area contributed by atoms with Crippen molar-refractivity contribution in [2.75, 3.05) is 6.54 Å². The Morgan fingerprint density at radius 3 is 2.64 bits per heavy atom. The standard InChI is InChI=1S/C20H26N2O3/c23-18-11-10-16(21-18)19(24)22-13-12-20(25,14-6-2-1-3-7-14)15-8-4-5-9-17(15)22/h1-3,6-7,15-17,25H,4-5,8-13H2,(H,21,23)/t15-,16?,17+,20-/m0/s1. The third kappa shape index (κ3) is 2.84. The second kappa shape index (κ2) is 6.45. The predicted molar refractivity (Wildman–Crippen MR) is 93.6 cm³/mol. The van der Waals surface area contributed by atoms with Gasteiger partial charge in [0.2, 0.25) is 11.8 Å². The van der Waals surface area contributed by atoms with E-state index in [2.05, 4.69) is 5.32 Å². The summed E-state index contributed by atoms with van der Waals surface area (Å²) >= 11 is 0. The van der Waals surface area contributed by atoms with Crippen LogP contribution in [0.3, 0.4) is 0 Å². The molecule has 0 aromatic heterocycles. The van der Waals surface area contributed by atoms with Gasteiger partial charge in [-0.05, 0) is 31.2 Å². The Hall–Kier alpha value is -1.88. The zero-order valence-electron chi connectivity index (χ0n) is 14.5. The van der Waals surface area contributed by atoms with Crippen LogP contribution < -0.4 is 5.32 Å². The molecule has 4 atom stereocenters. The Morgan fingerprint density at radius 1 is 1.16 bits per heavy atom. The number of nitrogens with one attached hydrogen (secondary N) is 1. The van der Waals surface area contributed by atoms with Crippen molar-refractivity contribution in [1.29, 1.82) is 0 Å². The summed E-state index contributed by atoms with van der Waals surface area (Å²) in [5.41, 5.74) is 0.107. The molecule has 0 spiro atoms. The molecule has 1 unspecified atom stereocenters. The van der Waals surface area contributed by atoms with Gasteiger partial charge in [-0.2, -0.15) is 0 Å². The highest BCUT2D eigenvalue weighted by Gasteiger charge is 2.51. The Balaban J connectivity index is 1.60. The minimum absolute atomic E-state index is 0.0312. The fraction of sp³-hybridized carbons (Fsp3) is 0.600. The number of benzene rings is 1. The van der Waals surface area contributed by atoms with E-state index in [1.165, 1.54) is 0 Å². The van der Waals surface area contributed by atoms with Gasteiger partial charge in [0.05, 0.1) is 5.60 Å². The monoisotopic (exact) mass is 342 g/mol. The number of piperidine rings is 1. The third-order valence-corrected chi connectivity index (χ3v) is 6.33. The molecule has 0 bridgehead atoms. The maximum atomic E-state index is 13.0. The molecule has 2 amide bonds. The minimum Gasteiger partial charge on any atom is -0.385 e. The van der Waals surface area contributed by atoms with Crippen molar-refractivity contribution < 1.29 is 14.7 Å². The molecular formula is C20H26N2O3. The van der Waals surface area contributed by atoms with Crippen LogP contribution in [0, 0.1) is 5.92 Å². The lowest BCUT2D eigenvalue weighted by Crippen LogP contribution is -2.61. The van der Waals surface area contributed by atoms with Crippen LogP contribution >= 0.6 is 0 Å². The van der Waals surface area contributed by atoms with Crippen LogP contribution in [0.15, 0.2) is 30.3 Å². The van der Waals surface area contributed by atoms with Gasteiger partial charge in [-0.1, -0.05) is 43.2 Å². The molecule has 1 saturated carbocycles. The van der Waals surface area contributed by atoms with E-state index in [4.69, 9.17) is 0 Å². The number of nitrogens with zero attached hydrogens (tertiary/aromatic N) is 1. The molecule has 5 nitrogen and oxygen atoms in total. The van der Waals surface area contributed by atoms with Crippen LogP contribution in [0.1, 0.15) is 50.5 Å². The summed E-state index contributed by atoms with van der Waals surface area (Å²) in [6.45, 7) is 0.553. The number of fused-ring (bicyclic) bond motifs is 1. The van der Waals surface area contributed by atoms with Crippen molar-refractivity contribution in [1.82, 2.24) is 10.2 Å². The maximum Gasteiger partial charge on any atom is 0.245 e. The summed E-state index contributed by atoms with van der Waals surface area (Å²) < 4.78 is 0. The van der Waals surface area contributed by atoms with Gasteiger partial charge in [-0.25, -0.2) is 0 Å². The second-order valence-electron chi connectivity index (χ2n) is 7.69. The molecule has 2 aliphatic heterocycles. The van der Waals surface area contributed by atoms with E-state index in [0.717, 1.165) is 31.2 Å².